The monoisotopic (exact) mass is 258 g/mol. The van der Waals surface area contributed by atoms with Gasteiger partial charge in [0.25, 0.3) is 0 Å². The Kier molecular flexibility index (Phi) is 3.06. The summed E-state index contributed by atoms with van der Waals surface area (Å²) in [5.41, 5.74) is 0.946. The second-order valence-electron chi connectivity index (χ2n) is 3.53. The van der Waals surface area contributed by atoms with Crippen LogP contribution in [-0.4, -0.2) is 4.98 Å². The zero-order valence-electron chi connectivity index (χ0n) is 8.88. The van der Waals surface area contributed by atoms with Crippen molar-refractivity contribution in [2.24, 2.45) is 0 Å². The third kappa shape index (κ3) is 2.97. The topological polar surface area (TPSA) is 24.9 Å². The maximum atomic E-state index is 12.3. The number of hydrogen-bond donors (Lipinski definition) is 1. The number of benzene rings is 1. The molecule has 1 heterocycles. The van der Waals surface area contributed by atoms with Crippen LogP contribution in [0.4, 0.5) is 24.0 Å². The molecule has 0 atom stereocenters. The van der Waals surface area contributed by atoms with Gasteiger partial charge in [-0.15, -0.1) is 11.3 Å². The van der Waals surface area contributed by atoms with Crippen LogP contribution < -0.4 is 5.32 Å². The summed E-state index contributed by atoms with van der Waals surface area (Å²) in [5.74, 6) is 0. The Bertz CT molecular complexity index is 502. The molecule has 90 valence electrons. The molecule has 1 aromatic heterocycles. The van der Waals surface area contributed by atoms with Crippen LogP contribution >= 0.6 is 11.3 Å². The lowest BCUT2D eigenvalue weighted by Gasteiger charge is -2.03. The highest BCUT2D eigenvalue weighted by atomic mass is 32.1. The van der Waals surface area contributed by atoms with Crippen molar-refractivity contribution in [3.8, 4) is 0 Å². The number of hydrogen-bond acceptors (Lipinski definition) is 3. The molecule has 0 unspecified atom stereocenters. The van der Waals surface area contributed by atoms with Gasteiger partial charge in [-0.05, 0) is 19.1 Å². The molecule has 0 saturated heterocycles. The number of nitrogens with zero attached hydrogens (tertiary/aromatic N) is 1. The quantitative estimate of drug-likeness (QED) is 0.872. The Morgan fingerprint density at radius 1 is 1.18 bits per heavy atom. The summed E-state index contributed by atoms with van der Waals surface area (Å²) in [5, 5.41) is 4.06. The summed E-state index contributed by atoms with van der Waals surface area (Å²) in [4.78, 5) is 3.48. The number of aryl methyl sites for hydroxylation is 1. The van der Waals surface area contributed by atoms with E-state index in [1.165, 1.54) is 0 Å². The molecule has 0 spiro atoms. The summed E-state index contributed by atoms with van der Waals surface area (Å²) in [7, 11) is 0. The summed E-state index contributed by atoms with van der Waals surface area (Å²) < 4.78 is 36.9. The van der Waals surface area contributed by atoms with Crippen molar-refractivity contribution >= 4 is 22.2 Å². The van der Waals surface area contributed by atoms with Crippen LogP contribution in [0.3, 0.4) is 0 Å². The average molecular weight is 258 g/mol. The van der Waals surface area contributed by atoms with Gasteiger partial charge in [0, 0.05) is 11.1 Å². The predicted octanol–water partition coefficient (Wildman–Crippen LogP) is 4.21. The maximum absolute atomic E-state index is 12.3. The largest absolute Gasteiger partial charge is 0.434 e. The molecule has 0 aliphatic rings. The van der Waals surface area contributed by atoms with E-state index in [0.717, 1.165) is 28.0 Å². The number of rotatable bonds is 2. The fraction of sp³-hybridized carbons (Fsp3) is 0.182. The Morgan fingerprint density at radius 2 is 1.82 bits per heavy atom. The van der Waals surface area contributed by atoms with Gasteiger partial charge in [-0.3, -0.25) is 0 Å². The molecular formula is C11H9F3N2S. The van der Waals surface area contributed by atoms with Crippen LogP contribution in [0.15, 0.2) is 29.6 Å². The SMILES string of the molecule is Cc1ccc(Nc2nc(C(F)(F)F)cs2)cc1. The number of halogens is 3. The molecule has 0 aliphatic heterocycles. The molecule has 2 aromatic rings. The highest BCUT2D eigenvalue weighted by molar-refractivity contribution is 7.13. The van der Waals surface area contributed by atoms with Crippen molar-refractivity contribution in [1.29, 1.82) is 0 Å². The first kappa shape index (κ1) is 11.9. The predicted molar refractivity (Wildman–Crippen MR) is 61.6 cm³/mol. The van der Waals surface area contributed by atoms with Gasteiger partial charge in [0.15, 0.2) is 10.8 Å². The van der Waals surface area contributed by atoms with Gasteiger partial charge in [-0.1, -0.05) is 17.7 Å². The normalized spacial score (nSPS) is 11.5. The first-order chi connectivity index (χ1) is 7.95. The molecule has 0 amide bonds. The van der Waals surface area contributed by atoms with E-state index in [9.17, 15) is 13.2 Å². The minimum atomic E-state index is -4.39. The minimum Gasteiger partial charge on any atom is -0.332 e. The van der Waals surface area contributed by atoms with Gasteiger partial charge in [0.05, 0.1) is 0 Å². The van der Waals surface area contributed by atoms with Gasteiger partial charge in [0.2, 0.25) is 0 Å². The van der Waals surface area contributed by atoms with Gasteiger partial charge in [0.1, 0.15) is 0 Å². The molecule has 0 saturated carbocycles. The Hall–Kier alpha value is -1.56. The molecular weight excluding hydrogens is 249 g/mol. The van der Waals surface area contributed by atoms with E-state index in [2.05, 4.69) is 10.3 Å². The van der Waals surface area contributed by atoms with Crippen LogP contribution in [0, 0.1) is 6.92 Å². The highest BCUT2D eigenvalue weighted by Gasteiger charge is 2.33. The molecule has 0 radical (unpaired) electrons. The standard InChI is InChI=1S/C11H9F3N2S/c1-7-2-4-8(5-3-7)15-10-16-9(6-17-10)11(12,13)14/h2-6H,1H3,(H,15,16). The lowest BCUT2D eigenvalue weighted by Crippen LogP contribution is -2.05. The third-order valence-corrected chi connectivity index (χ3v) is 2.86. The number of anilines is 2. The Balaban J connectivity index is 2.14. The van der Waals surface area contributed by atoms with Crippen LogP contribution in [0.2, 0.25) is 0 Å². The second-order valence-corrected chi connectivity index (χ2v) is 4.38. The van der Waals surface area contributed by atoms with Crippen molar-refractivity contribution in [2.45, 2.75) is 13.1 Å². The van der Waals surface area contributed by atoms with E-state index in [0.29, 0.717) is 0 Å². The molecule has 1 N–H and O–H groups in total. The summed E-state index contributed by atoms with van der Waals surface area (Å²) in [6.07, 6.45) is -4.39. The molecule has 1 aromatic carbocycles. The van der Waals surface area contributed by atoms with E-state index < -0.39 is 11.9 Å². The molecule has 17 heavy (non-hydrogen) atoms. The van der Waals surface area contributed by atoms with Crippen molar-refractivity contribution in [3.05, 3.63) is 40.9 Å². The first-order valence-corrected chi connectivity index (χ1v) is 5.69. The molecule has 2 nitrogen and oxygen atoms in total. The second kappa shape index (κ2) is 4.37. The number of nitrogens with one attached hydrogen (secondary N) is 1. The highest BCUT2D eigenvalue weighted by Crippen LogP contribution is 2.32. The number of aromatic nitrogens is 1. The molecule has 2 rings (SSSR count). The van der Waals surface area contributed by atoms with E-state index >= 15 is 0 Å². The van der Waals surface area contributed by atoms with E-state index in [4.69, 9.17) is 0 Å². The lowest BCUT2D eigenvalue weighted by atomic mass is 10.2. The van der Waals surface area contributed by atoms with Crippen molar-refractivity contribution in [3.63, 3.8) is 0 Å². The van der Waals surface area contributed by atoms with Crippen LogP contribution in [0.25, 0.3) is 0 Å². The zero-order valence-corrected chi connectivity index (χ0v) is 9.69. The first-order valence-electron chi connectivity index (χ1n) is 4.81. The van der Waals surface area contributed by atoms with Gasteiger partial charge >= 0.3 is 6.18 Å². The van der Waals surface area contributed by atoms with Crippen molar-refractivity contribution in [1.82, 2.24) is 4.98 Å². The molecule has 0 fully saturated rings. The van der Waals surface area contributed by atoms with E-state index in [-0.39, 0.29) is 5.13 Å². The fourth-order valence-corrected chi connectivity index (χ4v) is 1.96. The molecule has 0 bridgehead atoms. The van der Waals surface area contributed by atoms with E-state index in [1.54, 1.807) is 12.1 Å². The van der Waals surface area contributed by atoms with Crippen LogP contribution in [0.5, 0.6) is 0 Å². The minimum absolute atomic E-state index is 0.237. The number of alkyl halides is 3. The zero-order chi connectivity index (χ0) is 12.5. The lowest BCUT2D eigenvalue weighted by molar-refractivity contribution is -0.140. The Morgan fingerprint density at radius 3 is 2.35 bits per heavy atom. The van der Waals surface area contributed by atoms with Gasteiger partial charge in [-0.25, -0.2) is 4.98 Å². The molecule has 0 aliphatic carbocycles. The Labute approximate surface area is 100 Å². The van der Waals surface area contributed by atoms with Gasteiger partial charge in [-0.2, -0.15) is 13.2 Å². The summed E-state index contributed by atoms with van der Waals surface area (Å²) in [6, 6.07) is 7.34. The van der Waals surface area contributed by atoms with Crippen LogP contribution in [0.1, 0.15) is 11.3 Å². The van der Waals surface area contributed by atoms with Gasteiger partial charge < -0.3 is 5.32 Å². The van der Waals surface area contributed by atoms with Crippen molar-refractivity contribution in [2.75, 3.05) is 5.32 Å². The molecule has 6 heteroatoms. The smallest absolute Gasteiger partial charge is 0.332 e. The van der Waals surface area contributed by atoms with Crippen molar-refractivity contribution < 1.29 is 13.2 Å². The summed E-state index contributed by atoms with van der Waals surface area (Å²) >= 11 is 0.933. The average Bonchev–Trinajstić information content (AvgIpc) is 2.69. The van der Waals surface area contributed by atoms with E-state index in [1.807, 2.05) is 19.1 Å². The number of thiazole rings is 1. The van der Waals surface area contributed by atoms with Crippen LogP contribution in [-0.2, 0) is 6.18 Å². The summed E-state index contributed by atoms with van der Waals surface area (Å²) in [6.45, 7) is 1.94. The fourth-order valence-electron chi connectivity index (χ4n) is 1.22. The maximum Gasteiger partial charge on any atom is 0.434 e. The third-order valence-electron chi connectivity index (χ3n) is 2.10.